The van der Waals surface area contributed by atoms with Gasteiger partial charge in [0, 0.05) is 11.8 Å². The number of fused-ring (bicyclic) bond motifs is 1. The van der Waals surface area contributed by atoms with Crippen molar-refractivity contribution in [1.29, 1.82) is 5.26 Å². The molecule has 0 aliphatic carbocycles. The minimum Gasteiger partial charge on any atom is -0.490 e. The molecule has 2 aromatic carbocycles. The quantitative estimate of drug-likeness (QED) is 0.564. The Hall–Kier alpha value is -4.17. The van der Waals surface area contributed by atoms with Gasteiger partial charge in [0.25, 0.3) is 11.1 Å². The van der Waals surface area contributed by atoms with Gasteiger partial charge in [-0.05, 0) is 54.6 Å². The molecule has 2 heterocycles. The minimum absolute atomic E-state index is 0.109. The number of thioether (sulfide) groups is 1. The first-order valence-electron chi connectivity index (χ1n) is 10.2. The maximum Gasteiger partial charge on any atom is 0.294 e. The van der Waals surface area contributed by atoms with Gasteiger partial charge in [-0.2, -0.15) is 5.26 Å². The van der Waals surface area contributed by atoms with E-state index in [9.17, 15) is 14.4 Å². The summed E-state index contributed by atoms with van der Waals surface area (Å²) in [6.07, 6.45) is 1.54. The molecule has 10 nitrogen and oxygen atoms in total. The third-order valence-electron chi connectivity index (χ3n) is 4.69. The summed E-state index contributed by atoms with van der Waals surface area (Å²) in [5, 5.41) is 10.8. The third kappa shape index (κ3) is 5.07. The highest BCUT2D eigenvalue weighted by Gasteiger charge is 2.36. The van der Waals surface area contributed by atoms with E-state index in [1.807, 2.05) is 6.07 Å². The van der Waals surface area contributed by atoms with Gasteiger partial charge in [0.15, 0.2) is 29.6 Å². The molecule has 0 atom stereocenters. The number of carbonyl (C=O) groups is 3. The van der Waals surface area contributed by atoms with Crippen molar-refractivity contribution in [3.63, 3.8) is 0 Å². The lowest BCUT2D eigenvalue weighted by atomic mass is 10.2. The number of benzene rings is 2. The molecule has 174 valence electrons. The van der Waals surface area contributed by atoms with Crippen molar-refractivity contribution in [2.75, 3.05) is 31.9 Å². The fourth-order valence-corrected chi connectivity index (χ4v) is 4.06. The summed E-state index contributed by atoms with van der Waals surface area (Å²) in [5.41, 5.74) is 1.06. The van der Waals surface area contributed by atoms with Crippen LogP contribution in [-0.4, -0.2) is 48.5 Å². The smallest absolute Gasteiger partial charge is 0.294 e. The van der Waals surface area contributed by atoms with Crippen LogP contribution < -0.4 is 24.3 Å². The van der Waals surface area contributed by atoms with E-state index in [-0.39, 0.29) is 18.3 Å². The molecule has 0 saturated carbocycles. The van der Waals surface area contributed by atoms with Crippen LogP contribution in [0.4, 0.5) is 10.5 Å². The van der Waals surface area contributed by atoms with E-state index in [4.69, 9.17) is 24.2 Å². The van der Waals surface area contributed by atoms with Gasteiger partial charge in [-0.25, -0.2) is 0 Å². The van der Waals surface area contributed by atoms with Crippen molar-refractivity contribution in [3.8, 4) is 29.1 Å². The fraction of sp³-hybridized carbons (Fsp3) is 0.217. The molecule has 0 bridgehead atoms. The van der Waals surface area contributed by atoms with Gasteiger partial charge in [0.2, 0.25) is 12.7 Å². The summed E-state index contributed by atoms with van der Waals surface area (Å²) in [4.78, 5) is 38.7. The second-order valence-corrected chi connectivity index (χ2v) is 7.96. The minimum atomic E-state index is -0.571. The standard InChI is InChI=1S/C23H19N3O7S/c1-2-30-18-9-14(3-5-16(18)31-8-7-24)10-20-22(28)26(23(29)34-20)12-21(27)25-15-4-6-17-19(11-15)33-13-32-17/h3-6,9-11H,2,8,12-13H2,1H3,(H,25,27)/b20-10-. The van der Waals surface area contributed by atoms with Crippen LogP contribution in [0.25, 0.3) is 6.08 Å². The summed E-state index contributed by atoms with van der Waals surface area (Å²) >= 11 is 0.745. The molecule has 2 aliphatic heterocycles. The number of amides is 3. The molecule has 0 spiro atoms. The number of rotatable bonds is 8. The first kappa shape index (κ1) is 23.0. The number of hydrogen-bond donors (Lipinski definition) is 1. The average molecular weight is 481 g/mol. The van der Waals surface area contributed by atoms with Gasteiger partial charge in [-0.15, -0.1) is 0 Å². The molecular formula is C23H19N3O7S. The number of hydrogen-bond acceptors (Lipinski definition) is 9. The zero-order valence-corrected chi connectivity index (χ0v) is 18.8. The summed E-state index contributed by atoms with van der Waals surface area (Å²) in [6, 6.07) is 11.7. The van der Waals surface area contributed by atoms with E-state index in [1.165, 1.54) is 6.08 Å². The largest absolute Gasteiger partial charge is 0.490 e. The summed E-state index contributed by atoms with van der Waals surface area (Å²) in [7, 11) is 0. The first-order valence-corrected chi connectivity index (χ1v) is 11.0. The van der Waals surface area contributed by atoms with Crippen LogP contribution in [0.2, 0.25) is 0 Å². The highest BCUT2D eigenvalue weighted by molar-refractivity contribution is 8.18. The molecule has 3 amide bonds. The molecule has 0 aromatic heterocycles. The summed E-state index contributed by atoms with van der Waals surface area (Å²) < 4.78 is 21.4. The fourth-order valence-electron chi connectivity index (χ4n) is 3.22. The number of nitrogens with one attached hydrogen (secondary N) is 1. The highest BCUT2D eigenvalue weighted by Crippen LogP contribution is 2.36. The maximum absolute atomic E-state index is 12.8. The van der Waals surface area contributed by atoms with E-state index in [2.05, 4.69) is 5.32 Å². The highest BCUT2D eigenvalue weighted by atomic mass is 32.2. The van der Waals surface area contributed by atoms with Crippen LogP contribution in [0.3, 0.4) is 0 Å². The molecule has 4 rings (SSSR count). The van der Waals surface area contributed by atoms with Crippen LogP contribution in [0, 0.1) is 11.3 Å². The molecule has 34 heavy (non-hydrogen) atoms. The Bertz CT molecular complexity index is 1220. The second-order valence-electron chi connectivity index (χ2n) is 6.97. The molecule has 1 N–H and O–H groups in total. The number of nitriles is 1. The molecule has 1 fully saturated rings. The number of carbonyl (C=O) groups excluding carboxylic acids is 3. The van der Waals surface area contributed by atoms with E-state index in [0.29, 0.717) is 40.9 Å². The summed E-state index contributed by atoms with van der Waals surface area (Å²) in [6.45, 7) is 1.73. The molecule has 0 radical (unpaired) electrons. The lowest BCUT2D eigenvalue weighted by molar-refractivity contribution is -0.127. The maximum atomic E-state index is 12.8. The van der Waals surface area contributed by atoms with Gasteiger partial charge < -0.3 is 24.3 Å². The predicted octanol–water partition coefficient (Wildman–Crippen LogP) is 3.39. The SMILES string of the molecule is CCOc1cc(/C=C2\SC(=O)N(CC(=O)Nc3ccc4c(c3)OCO4)C2=O)ccc1OCC#N. The average Bonchev–Trinajstić information content (AvgIpc) is 3.38. The van der Waals surface area contributed by atoms with Crippen molar-refractivity contribution >= 4 is 40.6 Å². The van der Waals surface area contributed by atoms with Crippen molar-refractivity contribution in [2.45, 2.75) is 6.92 Å². The van der Waals surface area contributed by atoms with Crippen molar-refractivity contribution in [2.24, 2.45) is 0 Å². The Balaban J connectivity index is 1.44. The van der Waals surface area contributed by atoms with Gasteiger partial charge in [0.1, 0.15) is 12.6 Å². The van der Waals surface area contributed by atoms with Gasteiger partial charge in [-0.3, -0.25) is 19.3 Å². The summed E-state index contributed by atoms with van der Waals surface area (Å²) in [5.74, 6) is 0.787. The molecule has 11 heteroatoms. The van der Waals surface area contributed by atoms with Crippen molar-refractivity contribution in [1.82, 2.24) is 4.90 Å². The monoisotopic (exact) mass is 481 g/mol. The molecule has 0 unspecified atom stereocenters. The first-order chi connectivity index (χ1) is 16.5. The van der Waals surface area contributed by atoms with Crippen LogP contribution in [0.5, 0.6) is 23.0 Å². The van der Waals surface area contributed by atoms with E-state index in [1.54, 1.807) is 43.3 Å². The Morgan fingerprint density at radius 2 is 2.00 bits per heavy atom. The predicted molar refractivity (Wildman–Crippen MR) is 123 cm³/mol. The van der Waals surface area contributed by atoms with E-state index in [0.717, 1.165) is 16.7 Å². The van der Waals surface area contributed by atoms with Crippen molar-refractivity contribution in [3.05, 3.63) is 46.9 Å². The Labute approximate surface area is 199 Å². The van der Waals surface area contributed by atoms with Gasteiger partial charge in [-0.1, -0.05) is 6.07 Å². The Morgan fingerprint density at radius 3 is 2.79 bits per heavy atom. The van der Waals surface area contributed by atoms with E-state index >= 15 is 0 Å². The second kappa shape index (κ2) is 10.2. The number of ether oxygens (including phenoxy) is 4. The zero-order valence-electron chi connectivity index (χ0n) is 18.0. The van der Waals surface area contributed by atoms with Crippen molar-refractivity contribution < 1.29 is 33.3 Å². The zero-order chi connectivity index (χ0) is 24.1. The lowest BCUT2D eigenvalue weighted by Gasteiger charge is -2.13. The Morgan fingerprint density at radius 1 is 1.18 bits per heavy atom. The number of imide groups is 1. The van der Waals surface area contributed by atoms with Crippen LogP contribution in [0.1, 0.15) is 12.5 Å². The van der Waals surface area contributed by atoms with Crippen LogP contribution in [-0.2, 0) is 9.59 Å². The number of anilines is 1. The Kier molecular flexibility index (Phi) is 6.89. The molecule has 2 aliphatic rings. The van der Waals surface area contributed by atoms with Crippen LogP contribution >= 0.6 is 11.8 Å². The molecule has 1 saturated heterocycles. The topological polar surface area (TPSA) is 127 Å². The third-order valence-corrected chi connectivity index (χ3v) is 5.60. The van der Waals surface area contributed by atoms with E-state index < -0.39 is 23.6 Å². The number of nitrogens with zero attached hydrogens (tertiary/aromatic N) is 2. The lowest BCUT2D eigenvalue weighted by Crippen LogP contribution is -2.36. The molecular weight excluding hydrogens is 462 g/mol. The van der Waals surface area contributed by atoms with Gasteiger partial charge >= 0.3 is 0 Å². The van der Waals surface area contributed by atoms with Gasteiger partial charge in [0.05, 0.1) is 11.5 Å². The van der Waals surface area contributed by atoms with Crippen LogP contribution in [0.15, 0.2) is 41.3 Å². The normalized spacial score (nSPS) is 15.4. The molecule has 2 aromatic rings.